The van der Waals surface area contributed by atoms with E-state index >= 15 is 0 Å². The summed E-state index contributed by atoms with van der Waals surface area (Å²) < 4.78 is 11.1. The lowest BCUT2D eigenvalue weighted by molar-refractivity contribution is -0.146. The molecule has 0 N–H and O–H groups in total. The van der Waals surface area contributed by atoms with Crippen LogP contribution in [0.15, 0.2) is 84.9 Å². The average molecular weight is 429 g/mol. The molecule has 1 heterocycles. The van der Waals surface area contributed by atoms with Gasteiger partial charge in [0.15, 0.2) is 5.41 Å². The lowest BCUT2D eigenvalue weighted by atomic mass is 9.75. The summed E-state index contributed by atoms with van der Waals surface area (Å²) in [6.07, 6.45) is -0.685. The van der Waals surface area contributed by atoms with Gasteiger partial charge in [-0.1, -0.05) is 68.4 Å². The van der Waals surface area contributed by atoms with E-state index in [2.05, 4.69) is 0 Å². The number of fused-ring (bicyclic) bond motifs is 1. The lowest BCUT2D eigenvalue weighted by Crippen LogP contribution is -2.51. The Hall–Kier alpha value is -3.93. The van der Waals surface area contributed by atoms with Crippen molar-refractivity contribution in [2.24, 2.45) is 5.92 Å². The molecular formula is C26H23NO5. The average Bonchev–Trinajstić information content (AvgIpc) is 3.03. The van der Waals surface area contributed by atoms with E-state index in [9.17, 15) is 14.4 Å². The Balaban J connectivity index is 1.77. The van der Waals surface area contributed by atoms with Crippen LogP contribution in [-0.4, -0.2) is 18.0 Å². The summed E-state index contributed by atoms with van der Waals surface area (Å²) in [5.41, 5.74) is -0.898. The minimum absolute atomic E-state index is 0.0274. The maximum Gasteiger partial charge on any atom is 0.426 e. The summed E-state index contributed by atoms with van der Waals surface area (Å²) in [5.74, 6) is -0.785. The van der Waals surface area contributed by atoms with Crippen LogP contribution in [0.3, 0.4) is 0 Å². The maximum atomic E-state index is 13.8. The van der Waals surface area contributed by atoms with Crippen molar-refractivity contribution in [2.75, 3.05) is 4.90 Å². The zero-order valence-electron chi connectivity index (χ0n) is 17.9. The Kier molecular flexibility index (Phi) is 5.77. The molecule has 32 heavy (non-hydrogen) atoms. The largest absolute Gasteiger partial charge is 0.426 e. The second-order valence-electron chi connectivity index (χ2n) is 8.04. The second kappa shape index (κ2) is 8.67. The highest BCUT2D eigenvalue weighted by atomic mass is 16.6. The number of hydrogen-bond donors (Lipinski definition) is 0. The number of anilines is 1. The third kappa shape index (κ3) is 3.75. The number of imide groups is 1. The molecule has 0 unspecified atom stereocenters. The number of hydrogen-bond acceptors (Lipinski definition) is 5. The molecule has 0 saturated carbocycles. The van der Waals surface area contributed by atoms with Gasteiger partial charge in [-0.2, -0.15) is 0 Å². The van der Waals surface area contributed by atoms with Crippen LogP contribution in [0, 0.1) is 5.92 Å². The van der Waals surface area contributed by atoms with Gasteiger partial charge in [0, 0.05) is 5.56 Å². The first-order valence-corrected chi connectivity index (χ1v) is 10.4. The SMILES string of the molecule is CC(C)C[C@@]1(C(=O)Oc2ccccc2)C(=O)N(C(=O)Oc2ccccc2)c2ccccc21. The number of carbonyl (C=O) groups excluding carboxylic acids is 3. The molecule has 0 aromatic heterocycles. The minimum atomic E-state index is -1.66. The Morgan fingerprint density at radius 3 is 1.94 bits per heavy atom. The zero-order chi connectivity index (χ0) is 22.7. The molecule has 0 radical (unpaired) electrons. The number of amides is 2. The van der Waals surface area contributed by atoms with Crippen LogP contribution in [0.5, 0.6) is 11.5 Å². The molecule has 6 nitrogen and oxygen atoms in total. The number of para-hydroxylation sites is 3. The highest BCUT2D eigenvalue weighted by Crippen LogP contribution is 2.47. The first-order chi connectivity index (χ1) is 15.4. The van der Waals surface area contributed by atoms with Gasteiger partial charge in [-0.05, 0) is 42.7 Å². The van der Waals surface area contributed by atoms with Crippen molar-refractivity contribution < 1.29 is 23.9 Å². The minimum Gasteiger partial charge on any atom is -0.425 e. The van der Waals surface area contributed by atoms with Crippen LogP contribution in [0.2, 0.25) is 0 Å². The van der Waals surface area contributed by atoms with Gasteiger partial charge < -0.3 is 9.47 Å². The Bertz CT molecular complexity index is 1140. The summed E-state index contributed by atoms with van der Waals surface area (Å²) in [4.78, 5) is 41.4. The fourth-order valence-corrected chi connectivity index (χ4v) is 4.03. The van der Waals surface area contributed by atoms with Crippen molar-refractivity contribution >= 4 is 23.7 Å². The molecule has 0 fully saturated rings. The molecule has 3 aromatic carbocycles. The van der Waals surface area contributed by atoms with Crippen molar-refractivity contribution in [3.8, 4) is 11.5 Å². The molecule has 2 amide bonds. The smallest absolute Gasteiger partial charge is 0.425 e. The van der Waals surface area contributed by atoms with Crippen molar-refractivity contribution in [3.05, 3.63) is 90.5 Å². The number of carbonyl (C=O) groups is 3. The summed E-state index contributed by atoms with van der Waals surface area (Å²) in [7, 11) is 0. The molecule has 3 aromatic rings. The number of rotatable bonds is 5. The summed E-state index contributed by atoms with van der Waals surface area (Å²) in [6.45, 7) is 3.83. The van der Waals surface area contributed by atoms with Crippen LogP contribution in [0.1, 0.15) is 25.8 Å². The van der Waals surface area contributed by atoms with E-state index < -0.39 is 23.4 Å². The van der Waals surface area contributed by atoms with E-state index in [1.807, 2.05) is 13.8 Å². The zero-order valence-corrected chi connectivity index (χ0v) is 17.9. The van der Waals surface area contributed by atoms with Gasteiger partial charge in [-0.3, -0.25) is 9.59 Å². The number of benzene rings is 3. The standard InChI is InChI=1S/C26H23NO5/c1-18(2)17-26(24(29)31-19-11-5-3-6-12-19)21-15-9-10-16-22(21)27(23(26)28)25(30)32-20-13-7-4-8-14-20/h3-16,18H,17H2,1-2H3/t26-/m0/s1. The van der Waals surface area contributed by atoms with Crippen LogP contribution in [-0.2, 0) is 15.0 Å². The Morgan fingerprint density at radius 1 is 0.812 bits per heavy atom. The van der Waals surface area contributed by atoms with Crippen LogP contribution >= 0.6 is 0 Å². The van der Waals surface area contributed by atoms with Crippen molar-refractivity contribution in [1.82, 2.24) is 0 Å². The maximum absolute atomic E-state index is 13.8. The van der Waals surface area contributed by atoms with Crippen molar-refractivity contribution in [3.63, 3.8) is 0 Å². The molecule has 162 valence electrons. The Labute approximate surface area is 186 Å². The van der Waals surface area contributed by atoms with E-state index in [1.54, 1.807) is 84.9 Å². The summed E-state index contributed by atoms with van der Waals surface area (Å²) >= 11 is 0. The predicted octanol–water partition coefficient (Wildman–Crippen LogP) is 5.12. The third-order valence-corrected chi connectivity index (χ3v) is 5.32. The number of ether oxygens (including phenoxy) is 2. The molecule has 4 rings (SSSR count). The highest BCUT2D eigenvalue weighted by molar-refractivity contribution is 6.28. The van der Waals surface area contributed by atoms with Crippen LogP contribution in [0.4, 0.5) is 10.5 Å². The second-order valence-corrected chi connectivity index (χ2v) is 8.04. The molecule has 0 saturated heterocycles. The van der Waals surface area contributed by atoms with Crippen LogP contribution in [0.25, 0.3) is 0 Å². The third-order valence-electron chi connectivity index (χ3n) is 5.32. The fraction of sp³-hybridized carbons (Fsp3) is 0.192. The molecule has 0 bridgehead atoms. The predicted molar refractivity (Wildman–Crippen MR) is 120 cm³/mol. The van der Waals surface area contributed by atoms with E-state index in [0.29, 0.717) is 22.7 Å². The van der Waals surface area contributed by atoms with Gasteiger partial charge in [0.1, 0.15) is 11.5 Å². The molecule has 1 aliphatic rings. The van der Waals surface area contributed by atoms with Crippen molar-refractivity contribution in [1.29, 1.82) is 0 Å². The monoisotopic (exact) mass is 429 g/mol. The lowest BCUT2D eigenvalue weighted by Gasteiger charge is -2.27. The summed E-state index contributed by atoms with van der Waals surface area (Å²) in [5, 5.41) is 0. The van der Waals surface area contributed by atoms with Gasteiger partial charge in [-0.15, -0.1) is 0 Å². The summed E-state index contributed by atoms with van der Waals surface area (Å²) in [6, 6.07) is 23.8. The number of esters is 1. The molecule has 6 heteroatoms. The van der Waals surface area contributed by atoms with Crippen LogP contribution < -0.4 is 14.4 Å². The van der Waals surface area contributed by atoms with E-state index in [1.165, 1.54) is 0 Å². The Morgan fingerprint density at radius 2 is 1.34 bits per heavy atom. The first kappa shape index (κ1) is 21.3. The number of nitrogens with zero attached hydrogens (tertiary/aromatic N) is 1. The van der Waals surface area contributed by atoms with Gasteiger partial charge in [0.05, 0.1) is 5.69 Å². The van der Waals surface area contributed by atoms with Gasteiger partial charge >= 0.3 is 12.1 Å². The molecular weight excluding hydrogens is 406 g/mol. The molecule has 0 aliphatic carbocycles. The molecule has 0 spiro atoms. The quantitative estimate of drug-likeness (QED) is 0.320. The van der Waals surface area contributed by atoms with E-state index in [-0.39, 0.29) is 12.3 Å². The van der Waals surface area contributed by atoms with Crippen molar-refractivity contribution in [2.45, 2.75) is 25.7 Å². The highest BCUT2D eigenvalue weighted by Gasteiger charge is 2.59. The van der Waals surface area contributed by atoms with Gasteiger partial charge in [-0.25, -0.2) is 9.69 Å². The van der Waals surface area contributed by atoms with Gasteiger partial charge in [0.25, 0.3) is 5.91 Å². The molecule has 1 aliphatic heterocycles. The topological polar surface area (TPSA) is 72.9 Å². The molecule has 1 atom stereocenters. The van der Waals surface area contributed by atoms with E-state index in [0.717, 1.165) is 4.90 Å². The normalized spacial score (nSPS) is 17.2. The van der Waals surface area contributed by atoms with E-state index in [4.69, 9.17) is 9.47 Å². The van der Waals surface area contributed by atoms with Gasteiger partial charge in [0.2, 0.25) is 0 Å². The fourth-order valence-electron chi connectivity index (χ4n) is 4.03. The first-order valence-electron chi connectivity index (χ1n) is 10.4.